The lowest BCUT2D eigenvalue weighted by Gasteiger charge is -2.35. The highest BCUT2D eigenvalue weighted by Gasteiger charge is 2.44. The number of imide groups is 1. The molecule has 0 saturated carbocycles. The topological polar surface area (TPSA) is 70.1 Å². The summed E-state index contributed by atoms with van der Waals surface area (Å²) in [7, 11) is 1.50. The quantitative estimate of drug-likeness (QED) is 0.792. The minimum Gasteiger partial charge on any atom is -0.502 e. The van der Waals surface area contributed by atoms with Crippen LogP contribution in [0, 0.1) is 0 Å². The number of methoxy groups -OCH3 is 1. The van der Waals surface area contributed by atoms with Crippen molar-refractivity contribution in [3.05, 3.63) is 71.5 Å². The van der Waals surface area contributed by atoms with Gasteiger partial charge in [-0.3, -0.25) is 19.4 Å². The van der Waals surface area contributed by atoms with Crippen molar-refractivity contribution in [1.82, 2.24) is 9.80 Å². The van der Waals surface area contributed by atoms with Crippen LogP contribution in [0.15, 0.2) is 60.4 Å². The summed E-state index contributed by atoms with van der Waals surface area (Å²) >= 11 is 0. The van der Waals surface area contributed by atoms with E-state index in [0.717, 1.165) is 19.6 Å². The molecule has 29 heavy (non-hydrogen) atoms. The van der Waals surface area contributed by atoms with E-state index in [1.807, 2.05) is 18.2 Å². The van der Waals surface area contributed by atoms with Crippen molar-refractivity contribution in [2.45, 2.75) is 25.4 Å². The van der Waals surface area contributed by atoms with E-state index in [1.165, 1.54) is 17.6 Å². The number of benzene rings is 2. The zero-order valence-electron chi connectivity index (χ0n) is 16.4. The van der Waals surface area contributed by atoms with E-state index in [1.54, 1.807) is 24.3 Å². The van der Waals surface area contributed by atoms with E-state index in [9.17, 15) is 14.7 Å². The number of carbonyl (C=O) groups is 2. The Balaban J connectivity index is 1.47. The molecule has 2 aliphatic rings. The van der Waals surface area contributed by atoms with Crippen molar-refractivity contribution < 1.29 is 19.4 Å². The van der Waals surface area contributed by atoms with Gasteiger partial charge in [-0.05, 0) is 24.5 Å². The highest BCUT2D eigenvalue weighted by atomic mass is 16.5. The van der Waals surface area contributed by atoms with E-state index >= 15 is 0 Å². The second-order valence-electron chi connectivity index (χ2n) is 7.40. The van der Waals surface area contributed by atoms with Crippen LogP contribution in [0.5, 0.6) is 5.75 Å². The van der Waals surface area contributed by atoms with Gasteiger partial charge in [-0.25, -0.2) is 0 Å². The van der Waals surface area contributed by atoms with Gasteiger partial charge >= 0.3 is 0 Å². The third-order valence-corrected chi connectivity index (χ3v) is 5.64. The summed E-state index contributed by atoms with van der Waals surface area (Å²) in [5.41, 5.74) is 1.71. The Kier molecular flexibility index (Phi) is 5.36. The van der Waals surface area contributed by atoms with Crippen LogP contribution in [0.4, 0.5) is 0 Å². The van der Waals surface area contributed by atoms with Crippen molar-refractivity contribution in [3.63, 3.8) is 0 Å². The lowest BCUT2D eigenvalue weighted by molar-refractivity contribution is -0.141. The number of aliphatic hydroxyl groups is 1. The molecule has 6 heteroatoms. The molecule has 0 aliphatic carbocycles. The molecule has 2 aromatic carbocycles. The Labute approximate surface area is 170 Å². The highest BCUT2D eigenvalue weighted by Crippen LogP contribution is 2.36. The number of ether oxygens (including phenoxy) is 1. The number of likely N-dealkylation sites (tertiary alicyclic amines) is 1. The number of amides is 2. The average molecular weight is 392 g/mol. The molecule has 0 spiro atoms. The Morgan fingerprint density at radius 3 is 2.31 bits per heavy atom. The predicted octanol–water partition coefficient (Wildman–Crippen LogP) is 3.00. The molecule has 2 aromatic rings. The second-order valence-corrected chi connectivity index (χ2v) is 7.40. The van der Waals surface area contributed by atoms with Gasteiger partial charge in [0.15, 0.2) is 5.76 Å². The van der Waals surface area contributed by atoms with Crippen molar-refractivity contribution in [1.29, 1.82) is 0 Å². The van der Waals surface area contributed by atoms with Crippen LogP contribution in [0.3, 0.4) is 0 Å². The zero-order valence-corrected chi connectivity index (χ0v) is 16.4. The van der Waals surface area contributed by atoms with Gasteiger partial charge in [-0.2, -0.15) is 0 Å². The van der Waals surface area contributed by atoms with Crippen LogP contribution < -0.4 is 4.74 Å². The van der Waals surface area contributed by atoms with Gasteiger partial charge in [0.1, 0.15) is 5.75 Å². The van der Waals surface area contributed by atoms with Gasteiger partial charge in [-0.15, -0.1) is 0 Å². The van der Waals surface area contributed by atoms with Crippen LogP contribution in [0.25, 0.3) is 5.57 Å². The van der Waals surface area contributed by atoms with E-state index in [4.69, 9.17) is 4.74 Å². The molecule has 2 amide bonds. The normalized spacial score (nSPS) is 18.6. The smallest absolute Gasteiger partial charge is 0.296 e. The molecule has 0 unspecified atom stereocenters. The van der Waals surface area contributed by atoms with Crippen LogP contribution in [-0.4, -0.2) is 53.0 Å². The monoisotopic (exact) mass is 392 g/mol. The van der Waals surface area contributed by atoms with E-state index in [2.05, 4.69) is 17.0 Å². The third kappa shape index (κ3) is 3.63. The number of rotatable bonds is 5. The van der Waals surface area contributed by atoms with Crippen molar-refractivity contribution in [2.24, 2.45) is 0 Å². The standard InChI is InChI=1S/C23H24N2O4/c1-29-19-10-6-5-9-18(19)20-21(26)23(28)25(22(20)27)17-11-13-24(14-12-17)15-16-7-3-2-4-8-16/h2-10,17,26H,11-15H2,1H3. The molecule has 1 fully saturated rings. The number of carbonyl (C=O) groups excluding carboxylic acids is 2. The van der Waals surface area contributed by atoms with Gasteiger partial charge in [0.05, 0.1) is 12.7 Å². The first-order valence-corrected chi connectivity index (χ1v) is 9.81. The number of hydrogen-bond acceptors (Lipinski definition) is 5. The minimum absolute atomic E-state index is 0.0270. The zero-order chi connectivity index (χ0) is 20.4. The lowest BCUT2D eigenvalue weighted by atomic mass is 10.0. The molecule has 0 aromatic heterocycles. The third-order valence-electron chi connectivity index (χ3n) is 5.64. The Hall–Kier alpha value is -3.12. The van der Waals surface area contributed by atoms with E-state index < -0.39 is 17.6 Å². The van der Waals surface area contributed by atoms with Gasteiger partial charge in [0.25, 0.3) is 11.8 Å². The van der Waals surface area contributed by atoms with Crippen molar-refractivity contribution in [3.8, 4) is 5.75 Å². The van der Waals surface area contributed by atoms with Gasteiger partial charge < -0.3 is 9.84 Å². The number of hydrogen-bond donors (Lipinski definition) is 1. The average Bonchev–Trinajstić information content (AvgIpc) is 2.98. The van der Waals surface area contributed by atoms with Crippen molar-refractivity contribution in [2.75, 3.05) is 20.2 Å². The molecule has 150 valence electrons. The summed E-state index contributed by atoms with van der Waals surface area (Å²) in [6, 6.07) is 17.0. The molecule has 0 atom stereocenters. The number of piperidine rings is 1. The van der Waals surface area contributed by atoms with Gasteiger partial charge in [-0.1, -0.05) is 48.5 Å². The Morgan fingerprint density at radius 2 is 1.62 bits per heavy atom. The predicted molar refractivity (Wildman–Crippen MR) is 109 cm³/mol. The number of nitrogens with zero attached hydrogens (tertiary/aromatic N) is 2. The maximum atomic E-state index is 13.1. The maximum absolute atomic E-state index is 13.1. The van der Waals surface area contributed by atoms with Crippen LogP contribution >= 0.6 is 0 Å². The first-order chi connectivity index (χ1) is 14.1. The molecular formula is C23H24N2O4. The highest BCUT2D eigenvalue weighted by molar-refractivity contribution is 6.35. The van der Waals surface area contributed by atoms with Crippen LogP contribution in [-0.2, 0) is 16.1 Å². The molecule has 6 nitrogen and oxygen atoms in total. The maximum Gasteiger partial charge on any atom is 0.296 e. The van der Waals surface area contributed by atoms with E-state index in [-0.39, 0.29) is 11.6 Å². The number of para-hydroxylation sites is 1. The van der Waals surface area contributed by atoms with Crippen LogP contribution in [0.2, 0.25) is 0 Å². The molecule has 2 aliphatic heterocycles. The molecular weight excluding hydrogens is 368 g/mol. The summed E-state index contributed by atoms with van der Waals surface area (Å²) in [6.07, 6.45) is 1.38. The fourth-order valence-electron chi connectivity index (χ4n) is 4.14. The first-order valence-electron chi connectivity index (χ1n) is 9.81. The molecule has 2 heterocycles. The summed E-state index contributed by atoms with van der Waals surface area (Å²) in [5, 5.41) is 10.5. The SMILES string of the molecule is COc1ccccc1C1=C(O)C(=O)N(C2CCN(Cc3ccccc3)CC2)C1=O. The molecule has 1 saturated heterocycles. The van der Waals surface area contributed by atoms with Crippen LogP contribution in [0.1, 0.15) is 24.0 Å². The summed E-state index contributed by atoms with van der Waals surface area (Å²) in [5.74, 6) is -1.10. The number of aliphatic hydroxyl groups excluding tert-OH is 1. The Bertz CT molecular complexity index is 946. The summed E-state index contributed by atoms with van der Waals surface area (Å²) < 4.78 is 5.31. The fourth-order valence-corrected chi connectivity index (χ4v) is 4.14. The molecule has 4 rings (SSSR count). The Morgan fingerprint density at radius 1 is 0.966 bits per heavy atom. The summed E-state index contributed by atoms with van der Waals surface area (Å²) in [6.45, 7) is 2.44. The van der Waals surface area contributed by atoms with Gasteiger partial charge in [0, 0.05) is 31.2 Å². The molecule has 0 bridgehead atoms. The van der Waals surface area contributed by atoms with Crippen molar-refractivity contribution >= 4 is 17.4 Å². The molecule has 1 N–H and O–H groups in total. The first kappa shape index (κ1) is 19.2. The summed E-state index contributed by atoms with van der Waals surface area (Å²) in [4.78, 5) is 29.4. The fraction of sp³-hybridized carbons (Fsp3) is 0.304. The van der Waals surface area contributed by atoms with E-state index in [0.29, 0.717) is 24.2 Å². The largest absolute Gasteiger partial charge is 0.502 e. The second kappa shape index (κ2) is 8.09. The minimum atomic E-state index is -0.614. The van der Waals surface area contributed by atoms with Gasteiger partial charge in [0.2, 0.25) is 0 Å². The lowest BCUT2D eigenvalue weighted by Crippen LogP contribution is -2.47. The molecule has 0 radical (unpaired) electrons.